The molecule has 130 valence electrons. The highest BCUT2D eigenvalue weighted by Crippen LogP contribution is 2.27. The van der Waals surface area contributed by atoms with Gasteiger partial charge in [0, 0.05) is 24.2 Å². The minimum absolute atomic E-state index is 0.0321. The van der Waals surface area contributed by atoms with Crippen LogP contribution in [-0.4, -0.2) is 27.5 Å². The van der Waals surface area contributed by atoms with Gasteiger partial charge in [-0.05, 0) is 40.2 Å². The zero-order chi connectivity index (χ0) is 17.8. The molecule has 1 unspecified atom stereocenters. The average Bonchev–Trinajstić information content (AvgIpc) is 2.32. The summed E-state index contributed by atoms with van der Waals surface area (Å²) in [7, 11) is 0. The van der Waals surface area contributed by atoms with Crippen LogP contribution in [0.15, 0.2) is 6.07 Å². The van der Waals surface area contributed by atoms with Crippen molar-refractivity contribution in [2.45, 2.75) is 65.3 Å². The van der Waals surface area contributed by atoms with Crippen molar-refractivity contribution in [3.8, 4) is 0 Å². The van der Waals surface area contributed by atoms with E-state index < -0.39 is 17.4 Å². The number of hydrogen-bond donors (Lipinski definition) is 2. The van der Waals surface area contributed by atoms with E-state index in [4.69, 9.17) is 0 Å². The molecule has 1 aromatic heterocycles. The van der Waals surface area contributed by atoms with Crippen molar-refractivity contribution >= 4 is 5.91 Å². The van der Waals surface area contributed by atoms with Gasteiger partial charge in [-0.25, -0.2) is 9.97 Å². The van der Waals surface area contributed by atoms with Gasteiger partial charge in [-0.3, -0.25) is 4.79 Å². The first-order valence-electron chi connectivity index (χ1n) is 7.33. The van der Waals surface area contributed by atoms with E-state index in [0.717, 1.165) is 6.07 Å². The van der Waals surface area contributed by atoms with Crippen LogP contribution in [0.4, 0.5) is 13.2 Å². The minimum Gasteiger partial charge on any atom is -0.351 e. The van der Waals surface area contributed by atoms with E-state index in [1.54, 1.807) is 0 Å². The Morgan fingerprint density at radius 3 is 2.43 bits per heavy atom. The van der Waals surface area contributed by atoms with Gasteiger partial charge in [0.15, 0.2) is 0 Å². The summed E-state index contributed by atoms with van der Waals surface area (Å²) in [6.07, 6.45) is -3.87. The first-order valence-corrected chi connectivity index (χ1v) is 7.33. The maximum absolute atomic E-state index is 12.7. The number of nitrogens with one attached hydrogen (secondary N) is 2. The van der Waals surface area contributed by atoms with Crippen molar-refractivity contribution in [3.63, 3.8) is 0 Å². The highest BCUT2D eigenvalue weighted by Gasteiger charge is 2.33. The fraction of sp³-hybridized carbons (Fsp3) is 0.667. The third kappa shape index (κ3) is 6.94. The summed E-state index contributed by atoms with van der Waals surface area (Å²) in [5, 5.41) is 5.92. The van der Waals surface area contributed by atoms with Crippen LogP contribution in [0.5, 0.6) is 0 Å². The van der Waals surface area contributed by atoms with Gasteiger partial charge in [-0.1, -0.05) is 0 Å². The fourth-order valence-electron chi connectivity index (χ4n) is 2.49. The molecule has 1 atom stereocenters. The van der Waals surface area contributed by atoms with Gasteiger partial charge in [-0.15, -0.1) is 0 Å². The van der Waals surface area contributed by atoms with E-state index in [2.05, 4.69) is 20.6 Å². The summed E-state index contributed by atoms with van der Waals surface area (Å²) >= 11 is 0. The summed E-state index contributed by atoms with van der Waals surface area (Å²) in [4.78, 5) is 18.7. The Hall–Kier alpha value is -1.70. The lowest BCUT2D eigenvalue weighted by atomic mass is 9.96. The molecule has 1 aromatic rings. The number of halogens is 3. The van der Waals surface area contributed by atoms with Gasteiger partial charge >= 0.3 is 6.18 Å². The van der Waals surface area contributed by atoms with Gasteiger partial charge in [-0.2, -0.15) is 13.2 Å². The summed E-state index contributed by atoms with van der Waals surface area (Å²) in [5.41, 5.74) is -1.08. The maximum atomic E-state index is 12.7. The predicted octanol–water partition coefficient (Wildman–Crippen LogP) is 2.59. The quantitative estimate of drug-likeness (QED) is 0.840. The molecule has 2 N–H and O–H groups in total. The molecule has 0 aliphatic heterocycles. The topological polar surface area (TPSA) is 66.9 Å². The Morgan fingerprint density at radius 1 is 1.30 bits per heavy atom. The second-order valence-corrected chi connectivity index (χ2v) is 6.36. The van der Waals surface area contributed by atoms with Crippen molar-refractivity contribution in [2.75, 3.05) is 0 Å². The number of rotatable bonds is 6. The van der Waals surface area contributed by atoms with Crippen LogP contribution < -0.4 is 10.6 Å². The van der Waals surface area contributed by atoms with Crippen molar-refractivity contribution < 1.29 is 18.0 Å². The lowest BCUT2D eigenvalue weighted by Gasteiger charge is -2.29. The van der Waals surface area contributed by atoms with E-state index in [0.29, 0.717) is 6.42 Å². The van der Waals surface area contributed by atoms with Crippen LogP contribution in [0.25, 0.3) is 0 Å². The standard InChI is InChI=1S/C15H23F3N4O/c1-9-6-12(15(16,17)18)21-13(20-9)8-19-10(2)7-14(4,5)22-11(3)23/h6,10,19H,7-8H2,1-5H3,(H,22,23). The summed E-state index contributed by atoms with van der Waals surface area (Å²) < 4.78 is 38.2. The molecule has 1 amide bonds. The van der Waals surface area contributed by atoms with E-state index in [1.165, 1.54) is 13.8 Å². The first-order chi connectivity index (χ1) is 10.4. The fourth-order valence-corrected chi connectivity index (χ4v) is 2.49. The van der Waals surface area contributed by atoms with Gasteiger partial charge in [0.25, 0.3) is 0 Å². The lowest BCUT2D eigenvalue weighted by Crippen LogP contribution is -2.46. The van der Waals surface area contributed by atoms with Crippen molar-refractivity contribution in [3.05, 3.63) is 23.3 Å². The van der Waals surface area contributed by atoms with Gasteiger partial charge in [0.05, 0.1) is 6.54 Å². The molecular formula is C15H23F3N4O. The molecule has 0 saturated heterocycles. The monoisotopic (exact) mass is 332 g/mol. The van der Waals surface area contributed by atoms with E-state index in [9.17, 15) is 18.0 Å². The number of nitrogens with zero attached hydrogens (tertiary/aromatic N) is 2. The van der Waals surface area contributed by atoms with Gasteiger partial charge in [0.2, 0.25) is 5.91 Å². The molecule has 0 spiro atoms. The Kier molecular flexibility index (Phi) is 6.10. The van der Waals surface area contributed by atoms with Crippen LogP contribution in [-0.2, 0) is 17.5 Å². The highest BCUT2D eigenvalue weighted by atomic mass is 19.4. The summed E-state index contributed by atoms with van der Waals surface area (Å²) in [5.74, 6) is -0.0273. The van der Waals surface area contributed by atoms with Crippen LogP contribution in [0.3, 0.4) is 0 Å². The Balaban J connectivity index is 2.68. The van der Waals surface area contributed by atoms with Crippen LogP contribution in [0.1, 0.15) is 51.3 Å². The third-order valence-corrected chi connectivity index (χ3v) is 3.13. The molecule has 23 heavy (non-hydrogen) atoms. The lowest BCUT2D eigenvalue weighted by molar-refractivity contribution is -0.141. The molecule has 5 nitrogen and oxygen atoms in total. The zero-order valence-electron chi connectivity index (χ0n) is 14.0. The molecule has 0 fully saturated rings. The first kappa shape index (κ1) is 19.3. The van der Waals surface area contributed by atoms with Gasteiger partial charge < -0.3 is 10.6 Å². The predicted molar refractivity (Wildman–Crippen MR) is 80.6 cm³/mol. The molecule has 1 heterocycles. The SMILES string of the molecule is CC(=O)NC(C)(C)CC(C)NCc1nc(C)cc(C(F)(F)F)n1. The zero-order valence-corrected chi connectivity index (χ0v) is 14.0. The number of aromatic nitrogens is 2. The van der Waals surface area contributed by atoms with Crippen molar-refractivity contribution in [2.24, 2.45) is 0 Å². The Morgan fingerprint density at radius 2 is 1.91 bits per heavy atom. The van der Waals surface area contributed by atoms with Crippen molar-refractivity contribution in [1.82, 2.24) is 20.6 Å². The molecular weight excluding hydrogens is 309 g/mol. The highest BCUT2D eigenvalue weighted by molar-refractivity contribution is 5.73. The molecule has 0 aliphatic rings. The molecule has 0 radical (unpaired) electrons. The molecule has 1 rings (SSSR count). The molecule has 0 saturated carbocycles. The Labute approximate surface area is 134 Å². The van der Waals surface area contributed by atoms with E-state index >= 15 is 0 Å². The number of hydrogen-bond acceptors (Lipinski definition) is 4. The van der Waals surface area contributed by atoms with E-state index in [-0.39, 0.29) is 30.0 Å². The number of carbonyl (C=O) groups excluding carboxylic acids is 1. The number of amides is 1. The second-order valence-electron chi connectivity index (χ2n) is 6.36. The summed E-state index contributed by atoms with van der Waals surface area (Å²) in [6, 6.07) is 0.891. The number of carbonyl (C=O) groups is 1. The molecule has 0 bridgehead atoms. The molecule has 0 aliphatic carbocycles. The largest absolute Gasteiger partial charge is 0.433 e. The summed E-state index contributed by atoms with van der Waals surface area (Å²) in [6.45, 7) is 8.74. The van der Waals surface area contributed by atoms with Crippen LogP contribution >= 0.6 is 0 Å². The number of aryl methyl sites for hydroxylation is 1. The molecule has 0 aromatic carbocycles. The Bertz CT molecular complexity index is 558. The normalized spacial score (nSPS) is 13.7. The third-order valence-electron chi connectivity index (χ3n) is 3.13. The van der Waals surface area contributed by atoms with Crippen LogP contribution in [0.2, 0.25) is 0 Å². The van der Waals surface area contributed by atoms with Crippen LogP contribution in [0, 0.1) is 6.92 Å². The van der Waals surface area contributed by atoms with Gasteiger partial charge in [0.1, 0.15) is 11.5 Å². The average molecular weight is 332 g/mol. The van der Waals surface area contributed by atoms with Crippen molar-refractivity contribution in [1.29, 1.82) is 0 Å². The smallest absolute Gasteiger partial charge is 0.351 e. The molecule has 8 heteroatoms. The maximum Gasteiger partial charge on any atom is 0.433 e. The second kappa shape index (κ2) is 7.25. The van der Waals surface area contributed by atoms with E-state index in [1.807, 2.05) is 20.8 Å². The minimum atomic E-state index is -4.48. The number of alkyl halides is 3.